The van der Waals surface area contributed by atoms with Crippen molar-refractivity contribution in [2.24, 2.45) is 0 Å². The highest BCUT2D eigenvalue weighted by atomic mass is 16.6. The molecule has 19 heavy (non-hydrogen) atoms. The number of nitrogens with one attached hydrogen (secondary N) is 2. The van der Waals surface area contributed by atoms with Gasteiger partial charge in [-0.05, 0) is 6.07 Å². The fourth-order valence-corrected chi connectivity index (χ4v) is 1.73. The van der Waals surface area contributed by atoms with Crippen LogP contribution in [0.2, 0.25) is 0 Å². The number of fused-ring (bicyclic) bond motifs is 1. The number of amides is 1. The quantitative estimate of drug-likeness (QED) is 0.638. The molecule has 0 saturated heterocycles. The zero-order valence-electron chi connectivity index (χ0n) is 10.2. The van der Waals surface area contributed by atoms with E-state index < -0.39 is 4.92 Å². The average molecular weight is 260 g/mol. The normalized spacial score (nSPS) is 10.2. The Morgan fingerprint density at radius 2 is 2.21 bits per heavy atom. The van der Waals surface area contributed by atoms with Gasteiger partial charge in [-0.1, -0.05) is 12.1 Å². The molecule has 2 aromatic rings. The lowest BCUT2D eigenvalue weighted by Gasteiger charge is -2.08. The molecular weight excluding hydrogens is 248 g/mol. The highest BCUT2D eigenvalue weighted by Gasteiger charge is 2.14. The van der Waals surface area contributed by atoms with Crippen LogP contribution in [0.4, 0.5) is 11.4 Å². The molecule has 0 atom stereocenters. The molecule has 0 fully saturated rings. The number of anilines is 1. The number of nitro benzene ring substituents is 1. The van der Waals surface area contributed by atoms with E-state index in [4.69, 9.17) is 0 Å². The molecule has 2 rings (SSSR count). The van der Waals surface area contributed by atoms with Crippen LogP contribution < -0.4 is 10.6 Å². The highest BCUT2D eigenvalue weighted by molar-refractivity contribution is 5.97. The monoisotopic (exact) mass is 260 g/mol. The number of non-ortho nitro benzene ring substituents is 1. The van der Waals surface area contributed by atoms with Gasteiger partial charge in [0.25, 0.3) is 5.69 Å². The van der Waals surface area contributed by atoms with Crippen molar-refractivity contribution in [1.29, 1.82) is 0 Å². The second kappa shape index (κ2) is 5.30. The Hall–Kier alpha value is -2.70. The molecule has 2 N–H and O–H groups in total. The summed E-state index contributed by atoms with van der Waals surface area (Å²) in [6.45, 7) is 0.0955. The Kier molecular flexibility index (Phi) is 3.56. The first-order valence-electron chi connectivity index (χ1n) is 5.60. The summed E-state index contributed by atoms with van der Waals surface area (Å²) in [7, 11) is 1.54. The van der Waals surface area contributed by atoms with E-state index in [2.05, 4.69) is 15.6 Å². The third kappa shape index (κ3) is 2.59. The number of carbonyl (C=O) groups is 1. The van der Waals surface area contributed by atoms with E-state index in [0.29, 0.717) is 16.6 Å². The van der Waals surface area contributed by atoms with Crippen LogP contribution >= 0.6 is 0 Å². The number of hydrogen-bond donors (Lipinski definition) is 2. The summed E-state index contributed by atoms with van der Waals surface area (Å²) in [6.07, 6.45) is 1.47. The van der Waals surface area contributed by atoms with Crippen molar-refractivity contribution in [3.8, 4) is 0 Å². The largest absolute Gasteiger partial charge is 0.376 e. The number of hydrogen-bond acceptors (Lipinski definition) is 5. The molecule has 0 aliphatic heterocycles. The number of nitro groups is 1. The van der Waals surface area contributed by atoms with Gasteiger partial charge in [-0.15, -0.1) is 0 Å². The number of likely N-dealkylation sites (N-methyl/N-ethyl adjacent to an activating group) is 1. The molecule has 0 spiro atoms. The third-order valence-electron chi connectivity index (χ3n) is 2.66. The lowest BCUT2D eigenvalue weighted by atomic mass is 10.1. The third-order valence-corrected chi connectivity index (χ3v) is 2.66. The molecule has 7 heteroatoms. The fraction of sp³-hybridized carbons (Fsp3) is 0.167. The summed E-state index contributed by atoms with van der Waals surface area (Å²) >= 11 is 0. The summed E-state index contributed by atoms with van der Waals surface area (Å²) < 4.78 is 0. The minimum Gasteiger partial charge on any atom is -0.376 e. The molecule has 0 radical (unpaired) electrons. The average Bonchev–Trinajstić information content (AvgIpc) is 2.43. The first kappa shape index (κ1) is 12.7. The molecule has 0 saturated carbocycles. The van der Waals surface area contributed by atoms with Crippen molar-refractivity contribution in [3.05, 3.63) is 40.6 Å². The Labute approximate surface area is 108 Å². The van der Waals surface area contributed by atoms with E-state index in [1.807, 2.05) is 0 Å². The number of benzene rings is 1. The van der Waals surface area contributed by atoms with Gasteiger partial charge < -0.3 is 10.6 Å². The zero-order chi connectivity index (χ0) is 13.8. The zero-order valence-corrected chi connectivity index (χ0v) is 10.2. The number of carbonyl (C=O) groups excluding carboxylic acids is 1. The molecule has 7 nitrogen and oxygen atoms in total. The van der Waals surface area contributed by atoms with Gasteiger partial charge in [-0.3, -0.25) is 14.9 Å². The number of para-hydroxylation sites is 1. The summed E-state index contributed by atoms with van der Waals surface area (Å²) in [5.41, 5.74) is 0.882. The first-order chi connectivity index (χ1) is 9.13. The van der Waals surface area contributed by atoms with Crippen LogP contribution in [0.5, 0.6) is 0 Å². The predicted molar refractivity (Wildman–Crippen MR) is 71.0 cm³/mol. The lowest BCUT2D eigenvalue weighted by Crippen LogP contribution is -2.26. The molecule has 98 valence electrons. The second-order valence-electron chi connectivity index (χ2n) is 3.82. The summed E-state index contributed by atoms with van der Waals surface area (Å²) in [6, 6.07) is 6.39. The van der Waals surface area contributed by atoms with E-state index in [1.54, 1.807) is 25.2 Å². The van der Waals surface area contributed by atoms with Crippen LogP contribution in [0.15, 0.2) is 30.5 Å². The van der Waals surface area contributed by atoms with Gasteiger partial charge in [0, 0.05) is 30.4 Å². The topological polar surface area (TPSA) is 97.2 Å². The van der Waals surface area contributed by atoms with Crippen LogP contribution in [0, 0.1) is 10.1 Å². The van der Waals surface area contributed by atoms with Crippen molar-refractivity contribution in [1.82, 2.24) is 10.3 Å². The van der Waals surface area contributed by atoms with Gasteiger partial charge in [0.15, 0.2) is 0 Å². The first-order valence-corrected chi connectivity index (χ1v) is 5.60. The molecule has 0 bridgehead atoms. The van der Waals surface area contributed by atoms with E-state index in [1.165, 1.54) is 12.3 Å². The van der Waals surface area contributed by atoms with Gasteiger partial charge in [-0.2, -0.15) is 0 Å². The Morgan fingerprint density at radius 1 is 1.42 bits per heavy atom. The second-order valence-corrected chi connectivity index (χ2v) is 3.82. The number of aromatic nitrogens is 1. The Bertz CT molecular complexity index is 642. The van der Waals surface area contributed by atoms with Crippen molar-refractivity contribution in [2.75, 3.05) is 18.9 Å². The molecule has 0 aliphatic carbocycles. The van der Waals surface area contributed by atoms with Gasteiger partial charge in [0.05, 0.1) is 11.5 Å². The fourth-order valence-electron chi connectivity index (χ4n) is 1.73. The van der Waals surface area contributed by atoms with Gasteiger partial charge >= 0.3 is 0 Å². The molecule has 1 amide bonds. The summed E-state index contributed by atoms with van der Waals surface area (Å²) in [5.74, 6) is -0.171. The molecule has 1 heterocycles. The van der Waals surface area contributed by atoms with Gasteiger partial charge in [0.1, 0.15) is 5.52 Å². The minimum atomic E-state index is -0.474. The maximum Gasteiger partial charge on any atom is 0.295 e. The molecule has 1 aromatic heterocycles. The number of pyridine rings is 1. The van der Waals surface area contributed by atoms with E-state index in [-0.39, 0.29) is 18.1 Å². The highest BCUT2D eigenvalue weighted by Crippen LogP contribution is 2.28. The van der Waals surface area contributed by atoms with Gasteiger partial charge in [-0.25, -0.2) is 4.98 Å². The number of rotatable bonds is 4. The SMILES string of the molecule is CNC(=O)CNc1ccnc2c([N+](=O)[O-])cccc12. The summed E-state index contributed by atoms with van der Waals surface area (Å²) in [4.78, 5) is 25.7. The van der Waals surface area contributed by atoms with E-state index in [0.717, 1.165) is 0 Å². The Balaban J connectivity index is 2.43. The van der Waals surface area contributed by atoms with E-state index in [9.17, 15) is 14.9 Å². The minimum absolute atomic E-state index is 0.0545. The summed E-state index contributed by atoms with van der Waals surface area (Å²) in [5, 5.41) is 16.9. The maximum absolute atomic E-state index is 11.2. The molecular formula is C12H12N4O3. The van der Waals surface area contributed by atoms with Crippen molar-refractivity contribution in [2.45, 2.75) is 0 Å². The Morgan fingerprint density at radius 3 is 2.89 bits per heavy atom. The van der Waals surface area contributed by atoms with Crippen molar-refractivity contribution in [3.63, 3.8) is 0 Å². The standard InChI is InChI=1S/C12H12N4O3/c1-13-11(17)7-15-9-5-6-14-12-8(9)3-2-4-10(12)16(18)19/h2-6H,7H2,1H3,(H,13,17)(H,14,15). The van der Waals surface area contributed by atoms with Crippen molar-refractivity contribution >= 4 is 28.2 Å². The van der Waals surface area contributed by atoms with Crippen LogP contribution in [0.1, 0.15) is 0 Å². The number of nitrogens with zero attached hydrogens (tertiary/aromatic N) is 2. The maximum atomic E-state index is 11.2. The smallest absolute Gasteiger partial charge is 0.295 e. The predicted octanol–water partition coefficient (Wildman–Crippen LogP) is 1.30. The van der Waals surface area contributed by atoms with Crippen LogP contribution in [0.25, 0.3) is 10.9 Å². The van der Waals surface area contributed by atoms with Crippen molar-refractivity contribution < 1.29 is 9.72 Å². The lowest BCUT2D eigenvalue weighted by molar-refractivity contribution is -0.383. The molecule has 0 aliphatic rings. The molecule has 1 aromatic carbocycles. The molecule has 0 unspecified atom stereocenters. The van der Waals surface area contributed by atoms with Crippen LogP contribution in [0.3, 0.4) is 0 Å². The van der Waals surface area contributed by atoms with Crippen LogP contribution in [-0.2, 0) is 4.79 Å². The van der Waals surface area contributed by atoms with Crippen LogP contribution in [-0.4, -0.2) is 29.4 Å². The van der Waals surface area contributed by atoms with E-state index >= 15 is 0 Å². The van der Waals surface area contributed by atoms with Gasteiger partial charge in [0.2, 0.25) is 5.91 Å².